The first-order valence-corrected chi connectivity index (χ1v) is 8.28. The Morgan fingerprint density at radius 2 is 1.20 bits per heavy atom. The molecule has 20 heavy (non-hydrogen) atoms. The molecule has 122 valence electrons. The molecule has 0 saturated carbocycles. The third-order valence-corrected chi connectivity index (χ3v) is 2.77. The highest BCUT2D eigenvalue weighted by Crippen LogP contribution is 1.95. The van der Waals surface area contributed by atoms with Crippen LogP contribution in [0, 0.1) is 0 Å². The highest BCUT2D eigenvalue weighted by atomic mass is 32.3. The Balaban J connectivity index is 3.03. The summed E-state index contributed by atoms with van der Waals surface area (Å²) in [6.45, 7) is 5.54. The maximum Gasteiger partial charge on any atom is 0.397 e. The van der Waals surface area contributed by atoms with E-state index in [1.807, 2.05) is 0 Å². The Bertz CT molecular complexity index is 292. The van der Waals surface area contributed by atoms with Crippen LogP contribution in [-0.4, -0.2) is 59.2 Å². The van der Waals surface area contributed by atoms with Crippen molar-refractivity contribution in [1.82, 2.24) is 0 Å². The first-order chi connectivity index (χ1) is 9.56. The van der Waals surface area contributed by atoms with E-state index in [1.54, 1.807) is 0 Å². The highest BCUT2D eigenvalue weighted by molar-refractivity contribution is 7.80. The molecule has 0 fully saturated rings. The van der Waals surface area contributed by atoms with Crippen molar-refractivity contribution < 1.29 is 31.4 Å². The van der Waals surface area contributed by atoms with Crippen molar-refractivity contribution in [2.24, 2.45) is 0 Å². The van der Waals surface area contributed by atoms with Gasteiger partial charge in [-0.3, -0.25) is 4.55 Å². The Kier molecular flexibility index (Phi) is 13.5. The summed E-state index contributed by atoms with van der Waals surface area (Å²) < 4.78 is 48.8. The molecule has 0 saturated heterocycles. The zero-order valence-corrected chi connectivity index (χ0v) is 12.9. The van der Waals surface area contributed by atoms with Gasteiger partial charge in [-0.25, -0.2) is 4.18 Å². The van der Waals surface area contributed by atoms with Crippen LogP contribution >= 0.6 is 0 Å². The monoisotopic (exact) mass is 314 g/mol. The van der Waals surface area contributed by atoms with Gasteiger partial charge in [-0.2, -0.15) is 8.42 Å². The van der Waals surface area contributed by atoms with E-state index in [0.717, 1.165) is 19.4 Å². The quantitative estimate of drug-likeness (QED) is 0.361. The molecule has 0 aliphatic carbocycles. The molecule has 8 heteroatoms. The largest absolute Gasteiger partial charge is 0.397 e. The van der Waals surface area contributed by atoms with Crippen LogP contribution < -0.4 is 0 Å². The van der Waals surface area contributed by atoms with Gasteiger partial charge in [0, 0.05) is 13.2 Å². The van der Waals surface area contributed by atoms with Gasteiger partial charge >= 0.3 is 10.4 Å². The first-order valence-electron chi connectivity index (χ1n) is 6.91. The summed E-state index contributed by atoms with van der Waals surface area (Å²) >= 11 is 0. The number of rotatable bonds is 15. The van der Waals surface area contributed by atoms with Gasteiger partial charge in [-0.05, 0) is 19.3 Å². The second-order valence-electron chi connectivity index (χ2n) is 4.15. The third kappa shape index (κ3) is 17.8. The SMILES string of the molecule is CCCCOCCOCCOCCCCOS(=O)(=O)O. The van der Waals surface area contributed by atoms with Crippen LogP contribution in [0.3, 0.4) is 0 Å². The summed E-state index contributed by atoms with van der Waals surface area (Å²) in [6.07, 6.45) is 3.37. The highest BCUT2D eigenvalue weighted by Gasteiger charge is 2.02. The average Bonchev–Trinajstić information content (AvgIpc) is 2.38. The molecule has 0 amide bonds. The van der Waals surface area contributed by atoms with Crippen molar-refractivity contribution in [3.8, 4) is 0 Å². The Morgan fingerprint density at radius 3 is 1.70 bits per heavy atom. The van der Waals surface area contributed by atoms with E-state index in [4.69, 9.17) is 18.8 Å². The van der Waals surface area contributed by atoms with E-state index < -0.39 is 10.4 Å². The zero-order chi connectivity index (χ0) is 15.1. The minimum Gasteiger partial charge on any atom is -0.379 e. The standard InChI is InChI=1S/C12H26O7S/c1-2-3-6-16-9-11-18-12-10-17-7-4-5-8-19-20(13,14)15/h2-12H2,1H3,(H,13,14,15). The molecule has 0 bridgehead atoms. The molecule has 0 aliphatic heterocycles. The van der Waals surface area contributed by atoms with Gasteiger partial charge in [0.25, 0.3) is 0 Å². The van der Waals surface area contributed by atoms with Crippen LogP contribution in [-0.2, 0) is 28.8 Å². The molecule has 0 radical (unpaired) electrons. The van der Waals surface area contributed by atoms with Gasteiger partial charge < -0.3 is 14.2 Å². The molecular weight excluding hydrogens is 288 g/mol. The van der Waals surface area contributed by atoms with E-state index in [0.29, 0.717) is 45.9 Å². The van der Waals surface area contributed by atoms with Gasteiger partial charge in [0.05, 0.1) is 33.0 Å². The van der Waals surface area contributed by atoms with Crippen molar-refractivity contribution in [3.05, 3.63) is 0 Å². The lowest BCUT2D eigenvalue weighted by molar-refractivity contribution is 0.0131. The maximum absolute atomic E-state index is 10.2. The predicted molar refractivity (Wildman–Crippen MR) is 74.1 cm³/mol. The molecule has 0 aromatic heterocycles. The zero-order valence-electron chi connectivity index (χ0n) is 12.1. The van der Waals surface area contributed by atoms with Gasteiger partial charge in [0.1, 0.15) is 0 Å². The van der Waals surface area contributed by atoms with Crippen LogP contribution in [0.15, 0.2) is 0 Å². The van der Waals surface area contributed by atoms with Crippen LogP contribution in [0.5, 0.6) is 0 Å². The van der Waals surface area contributed by atoms with Crippen molar-refractivity contribution in [1.29, 1.82) is 0 Å². The number of unbranched alkanes of at least 4 members (excludes halogenated alkanes) is 2. The minimum absolute atomic E-state index is 0.0339. The predicted octanol–water partition coefficient (Wildman–Crippen LogP) is 1.44. The van der Waals surface area contributed by atoms with Crippen LogP contribution in [0.4, 0.5) is 0 Å². The second kappa shape index (κ2) is 13.7. The second-order valence-corrected chi connectivity index (χ2v) is 5.24. The molecule has 0 heterocycles. The lowest BCUT2D eigenvalue weighted by Gasteiger charge is -2.06. The normalized spacial score (nSPS) is 11.9. The average molecular weight is 314 g/mol. The first kappa shape index (κ1) is 19.8. The van der Waals surface area contributed by atoms with E-state index in [9.17, 15) is 8.42 Å². The van der Waals surface area contributed by atoms with Crippen molar-refractivity contribution in [2.75, 3.05) is 46.2 Å². The van der Waals surface area contributed by atoms with Crippen molar-refractivity contribution in [2.45, 2.75) is 32.6 Å². The molecule has 0 unspecified atom stereocenters. The summed E-state index contributed by atoms with van der Waals surface area (Å²) in [4.78, 5) is 0. The summed E-state index contributed by atoms with van der Waals surface area (Å²) in [5.41, 5.74) is 0. The Labute approximate surface area is 121 Å². The van der Waals surface area contributed by atoms with Gasteiger partial charge in [-0.1, -0.05) is 13.3 Å². The van der Waals surface area contributed by atoms with Gasteiger partial charge in [-0.15, -0.1) is 0 Å². The van der Waals surface area contributed by atoms with E-state index >= 15 is 0 Å². The molecule has 1 N–H and O–H groups in total. The third-order valence-electron chi connectivity index (χ3n) is 2.30. The molecule has 0 rings (SSSR count). The Hall–Kier alpha value is -0.250. The van der Waals surface area contributed by atoms with Gasteiger partial charge in [0.15, 0.2) is 0 Å². The van der Waals surface area contributed by atoms with Crippen molar-refractivity contribution in [3.63, 3.8) is 0 Å². The fourth-order valence-corrected chi connectivity index (χ4v) is 1.59. The van der Waals surface area contributed by atoms with Crippen LogP contribution in [0.1, 0.15) is 32.6 Å². The number of hydrogen-bond donors (Lipinski definition) is 1. The molecule has 0 aromatic carbocycles. The van der Waals surface area contributed by atoms with Crippen molar-refractivity contribution >= 4 is 10.4 Å². The molecule has 0 aliphatic rings. The fraction of sp³-hybridized carbons (Fsp3) is 1.00. The molecule has 7 nitrogen and oxygen atoms in total. The molecule has 0 aromatic rings. The van der Waals surface area contributed by atoms with E-state index in [2.05, 4.69) is 11.1 Å². The summed E-state index contributed by atoms with van der Waals surface area (Å²) in [6, 6.07) is 0. The number of ether oxygens (including phenoxy) is 3. The van der Waals surface area contributed by atoms with E-state index in [1.165, 1.54) is 0 Å². The maximum atomic E-state index is 10.2. The van der Waals surface area contributed by atoms with Crippen LogP contribution in [0.2, 0.25) is 0 Å². The molecular formula is C12H26O7S. The summed E-state index contributed by atoms with van der Waals surface area (Å²) in [5, 5.41) is 0. The van der Waals surface area contributed by atoms with Gasteiger partial charge in [0.2, 0.25) is 0 Å². The summed E-state index contributed by atoms with van der Waals surface area (Å²) in [5.74, 6) is 0. The van der Waals surface area contributed by atoms with Crippen LogP contribution in [0.25, 0.3) is 0 Å². The lowest BCUT2D eigenvalue weighted by Crippen LogP contribution is -2.10. The molecule has 0 atom stereocenters. The smallest absolute Gasteiger partial charge is 0.379 e. The summed E-state index contributed by atoms with van der Waals surface area (Å²) in [7, 11) is -4.31. The van der Waals surface area contributed by atoms with E-state index in [-0.39, 0.29) is 6.61 Å². The topological polar surface area (TPSA) is 91.3 Å². The molecule has 0 spiro atoms. The Morgan fingerprint density at radius 1 is 0.750 bits per heavy atom. The lowest BCUT2D eigenvalue weighted by atomic mass is 10.3. The number of hydrogen-bond acceptors (Lipinski definition) is 6. The fourth-order valence-electron chi connectivity index (χ4n) is 1.26. The minimum atomic E-state index is -4.31.